The number of ether oxygens (including phenoxy) is 1. The molecule has 2 rings (SSSR count). The lowest BCUT2D eigenvalue weighted by Gasteiger charge is -2.09. The molecule has 1 aromatic carbocycles. The smallest absolute Gasteiger partial charge is 0.133 e. The van der Waals surface area contributed by atoms with Crippen molar-refractivity contribution in [2.75, 3.05) is 12.5 Å². The summed E-state index contributed by atoms with van der Waals surface area (Å²) in [5, 5.41) is 0.381. The third-order valence-corrected chi connectivity index (χ3v) is 2.80. The van der Waals surface area contributed by atoms with Crippen LogP contribution < -0.4 is 0 Å². The molecule has 1 unspecified atom stereocenters. The summed E-state index contributed by atoms with van der Waals surface area (Å²) in [5.74, 6) is -0.0865. The van der Waals surface area contributed by atoms with Gasteiger partial charge in [0.15, 0.2) is 0 Å². The summed E-state index contributed by atoms with van der Waals surface area (Å²) in [5.41, 5.74) is -0.108. The predicted molar refractivity (Wildman–Crippen MR) is 49.8 cm³/mol. The van der Waals surface area contributed by atoms with E-state index in [9.17, 15) is 4.39 Å². The molecule has 13 heavy (non-hydrogen) atoms. The molecule has 0 radical (unpaired) electrons. The van der Waals surface area contributed by atoms with E-state index in [1.165, 1.54) is 6.07 Å². The summed E-state index contributed by atoms with van der Waals surface area (Å²) in [6.45, 7) is 0.481. The van der Waals surface area contributed by atoms with Gasteiger partial charge in [0.05, 0.1) is 12.5 Å². The van der Waals surface area contributed by atoms with E-state index in [1.54, 1.807) is 12.1 Å². The lowest BCUT2D eigenvalue weighted by Crippen LogP contribution is -2.12. The Kier molecular flexibility index (Phi) is 2.22. The van der Waals surface area contributed by atoms with Crippen LogP contribution in [0.3, 0.4) is 0 Å². The number of epoxide rings is 1. The van der Waals surface area contributed by atoms with Crippen LogP contribution in [0.15, 0.2) is 18.2 Å². The molecule has 0 saturated carbocycles. The fourth-order valence-electron chi connectivity index (χ4n) is 1.25. The van der Waals surface area contributed by atoms with Crippen LogP contribution in [-0.2, 0) is 10.3 Å². The van der Waals surface area contributed by atoms with Crippen LogP contribution in [-0.4, -0.2) is 12.5 Å². The summed E-state index contributed by atoms with van der Waals surface area (Å²) in [7, 11) is 0. The van der Waals surface area contributed by atoms with Crippen LogP contribution >= 0.6 is 23.2 Å². The Bertz CT molecular complexity index is 336. The zero-order valence-electron chi connectivity index (χ0n) is 6.69. The molecule has 70 valence electrons. The summed E-state index contributed by atoms with van der Waals surface area (Å²) < 4.78 is 18.5. The number of hydrogen-bond acceptors (Lipinski definition) is 1. The van der Waals surface area contributed by atoms with Crippen LogP contribution in [0.5, 0.6) is 0 Å². The zero-order chi connectivity index (χ0) is 9.47. The molecule has 1 aromatic rings. The number of rotatable bonds is 2. The van der Waals surface area contributed by atoms with Crippen LogP contribution in [0, 0.1) is 5.82 Å². The first-order valence-electron chi connectivity index (χ1n) is 3.83. The molecular weight excluding hydrogens is 214 g/mol. The zero-order valence-corrected chi connectivity index (χ0v) is 8.20. The van der Waals surface area contributed by atoms with Gasteiger partial charge in [0, 0.05) is 10.6 Å². The third-order valence-electron chi connectivity index (χ3n) is 2.13. The van der Waals surface area contributed by atoms with Gasteiger partial charge in [-0.15, -0.1) is 11.6 Å². The first-order chi connectivity index (χ1) is 6.18. The van der Waals surface area contributed by atoms with Crippen molar-refractivity contribution in [3.8, 4) is 0 Å². The molecule has 1 atom stereocenters. The minimum Gasteiger partial charge on any atom is -0.363 e. The lowest BCUT2D eigenvalue weighted by molar-refractivity contribution is 0.325. The Hall–Kier alpha value is -0.310. The van der Waals surface area contributed by atoms with E-state index in [0.29, 0.717) is 17.2 Å². The van der Waals surface area contributed by atoms with E-state index in [1.807, 2.05) is 0 Å². The van der Waals surface area contributed by atoms with Gasteiger partial charge >= 0.3 is 0 Å². The first kappa shape index (κ1) is 9.25. The van der Waals surface area contributed by atoms with E-state index in [4.69, 9.17) is 27.9 Å². The summed E-state index contributed by atoms with van der Waals surface area (Å²) in [4.78, 5) is 0. The minimum absolute atomic E-state index is 0.269. The van der Waals surface area contributed by atoms with Crippen LogP contribution in [0.4, 0.5) is 4.39 Å². The number of alkyl halides is 1. The van der Waals surface area contributed by atoms with Gasteiger partial charge in [-0.05, 0) is 12.1 Å². The maximum atomic E-state index is 13.3. The first-order valence-corrected chi connectivity index (χ1v) is 4.75. The molecule has 1 aliphatic rings. The molecule has 0 amide bonds. The molecule has 1 aliphatic heterocycles. The second-order valence-corrected chi connectivity index (χ2v) is 3.74. The minimum atomic E-state index is -0.601. The second-order valence-electron chi connectivity index (χ2n) is 3.04. The molecule has 0 aromatic heterocycles. The SMILES string of the molecule is Fc1cc(Cl)ccc1C1(CCl)CO1. The Morgan fingerprint density at radius 3 is 2.69 bits per heavy atom. The lowest BCUT2D eigenvalue weighted by atomic mass is 10.0. The highest BCUT2D eigenvalue weighted by Gasteiger charge is 2.47. The second kappa shape index (κ2) is 3.12. The molecule has 0 bridgehead atoms. The Balaban J connectivity index is 2.41. The molecule has 1 fully saturated rings. The molecule has 0 aliphatic carbocycles. The maximum absolute atomic E-state index is 13.3. The molecular formula is C9H7Cl2FO. The standard InChI is InChI=1S/C9H7Cl2FO/c10-4-9(5-13-9)7-2-1-6(11)3-8(7)12/h1-3H,4-5H2. The summed E-state index contributed by atoms with van der Waals surface area (Å²) >= 11 is 11.3. The van der Waals surface area contributed by atoms with E-state index >= 15 is 0 Å². The van der Waals surface area contributed by atoms with Crippen molar-refractivity contribution in [3.05, 3.63) is 34.6 Å². The van der Waals surface area contributed by atoms with Crippen LogP contribution in [0.1, 0.15) is 5.56 Å². The molecule has 1 nitrogen and oxygen atoms in total. The van der Waals surface area contributed by atoms with Crippen molar-refractivity contribution in [3.63, 3.8) is 0 Å². The summed E-state index contributed by atoms with van der Waals surface area (Å²) in [6, 6.07) is 4.52. The quantitative estimate of drug-likeness (QED) is 0.552. The van der Waals surface area contributed by atoms with Crippen LogP contribution in [0.25, 0.3) is 0 Å². The van der Waals surface area contributed by atoms with Crippen molar-refractivity contribution in [1.29, 1.82) is 0 Å². The fourth-order valence-corrected chi connectivity index (χ4v) is 1.71. The highest BCUT2D eigenvalue weighted by Crippen LogP contribution is 2.41. The Labute approximate surface area is 85.4 Å². The molecule has 4 heteroatoms. The van der Waals surface area contributed by atoms with Crippen molar-refractivity contribution in [2.24, 2.45) is 0 Å². The van der Waals surface area contributed by atoms with Crippen molar-refractivity contribution in [2.45, 2.75) is 5.60 Å². The normalized spacial score (nSPS) is 26.1. The highest BCUT2D eigenvalue weighted by atomic mass is 35.5. The van der Waals surface area contributed by atoms with Crippen molar-refractivity contribution >= 4 is 23.2 Å². The average molecular weight is 221 g/mol. The predicted octanol–water partition coefficient (Wildman–Crippen LogP) is 2.94. The van der Waals surface area contributed by atoms with E-state index < -0.39 is 5.60 Å². The van der Waals surface area contributed by atoms with E-state index in [-0.39, 0.29) is 11.7 Å². The van der Waals surface area contributed by atoms with Gasteiger partial charge in [-0.2, -0.15) is 0 Å². The average Bonchev–Trinajstić information content (AvgIpc) is 2.85. The number of hydrogen-bond donors (Lipinski definition) is 0. The monoisotopic (exact) mass is 220 g/mol. The largest absolute Gasteiger partial charge is 0.363 e. The van der Waals surface area contributed by atoms with Crippen molar-refractivity contribution < 1.29 is 9.13 Å². The maximum Gasteiger partial charge on any atom is 0.133 e. The van der Waals surface area contributed by atoms with Gasteiger partial charge in [0.2, 0.25) is 0 Å². The number of halogens is 3. The molecule has 1 saturated heterocycles. The van der Waals surface area contributed by atoms with Gasteiger partial charge in [0.1, 0.15) is 11.4 Å². The molecule has 0 N–H and O–H groups in total. The Morgan fingerprint density at radius 1 is 1.54 bits per heavy atom. The van der Waals surface area contributed by atoms with Gasteiger partial charge in [-0.25, -0.2) is 4.39 Å². The van der Waals surface area contributed by atoms with Gasteiger partial charge in [-0.3, -0.25) is 0 Å². The summed E-state index contributed by atoms with van der Waals surface area (Å²) in [6.07, 6.45) is 0. The number of benzene rings is 1. The van der Waals surface area contributed by atoms with E-state index in [0.717, 1.165) is 0 Å². The fraction of sp³-hybridized carbons (Fsp3) is 0.333. The third kappa shape index (κ3) is 1.54. The molecule has 1 heterocycles. The molecule has 0 spiro atoms. The van der Waals surface area contributed by atoms with Crippen molar-refractivity contribution in [1.82, 2.24) is 0 Å². The van der Waals surface area contributed by atoms with Gasteiger partial charge in [-0.1, -0.05) is 17.7 Å². The topological polar surface area (TPSA) is 12.5 Å². The van der Waals surface area contributed by atoms with Gasteiger partial charge < -0.3 is 4.74 Å². The highest BCUT2D eigenvalue weighted by molar-refractivity contribution is 6.30. The van der Waals surface area contributed by atoms with Crippen LogP contribution in [0.2, 0.25) is 5.02 Å². The van der Waals surface area contributed by atoms with E-state index in [2.05, 4.69) is 0 Å². The Morgan fingerprint density at radius 2 is 2.23 bits per heavy atom. The van der Waals surface area contributed by atoms with Gasteiger partial charge in [0.25, 0.3) is 0 Å².